The van der Waals surface area contributed by atoms with Crippen LogP contribution in [0.1, 0.15) is 76.2 Å². The lowest BCUT2D eigenvalue weighted by Crippen LogP contribution is -1.98. The summed E-state index contributed by atoms with van der Waals surface area (Å²) in [5, 5.41) is 0. The van der Waals surface area contributed by atoms with E-state index < -0.39 is 10.1 Å². The molecule has 0 bridgehead atoms. The monoisotopic (exact) mass is 355 g/mol. The lowest BCUT2D eigenvalue weighted by molar-refractivity contribution is 0.483. The van der Waals surface area contributed by atoms with Crippen LogP contribution >= 0.6 is 0 Å². The summed E-state index contributed by atoms with van der Waals surface area (Å²) in [4.78, 5) is -0.0331. The van der Waals surface area contributed by atoms with Crippen LogP contribution in [0.15, 0.2) is 29.2 Å². The van der Waals surface area contributed by atoms with Gasteiger partial charge >= 0.3 is 0 Å². The molecule has 1 aromatic carbocycles. The third kappa shape index (κ3) is 10.1. The highest BCUT2D eigenvalue weighted by molar-refractivity contribution is 7.85. The second kappa shape index (κ2) is 12.5. The van der Waals surface area contributed by atoms with Gasteiger partial charge in [-0.3, -0.25) is 4.55 Å². The molecule has 138 valence electrons. The Bertz CT molecular complexity index is 526. The van der Waals surface area contributed by atoms with Crippen molar-refractivity contribution in [3.63, 3.8) is 0 Å². The summed E-state index contributed by atoms with van der Waals surface area (Å²) in [5.74, 6) is 0. The molecule has 0 atom stereocenters. The molecule has 1 aromatic rings. The van der Waals surface area contributed by atoms with Gasteiger partial charge in [0.1, 0.15) is 0 Å². The minimum atomic E-state index is -4.07. The topological polar surface area (TPSA) is 80.4 Å². The van der Waals surface area contributed by atoms with Crippen molar-refractivity contribution >= 4 is 10.1 Å². The van der Waals surface area contributed by atoms with Gasteiger partial charge in [0, 0.05) is 0 Å². The van der Waals surface area contributed by atoms with E-state index in [4.69, 9.17) is 10.3 Å². The van der Waals surface area contributed by atoms with Gasteiger partial charge in [-0.15, -0.1) is 0 Å². The quantitative estimate of drug-likeness (QED) is 0.373. The van der Waals surface area contributed by atoms with E-state index in [1.54, 1.807) is 12.1 Å². The Balaban J connectivity index is 1.97. The van der Waals surface area contributed by atoms with Gasteiger partial charge in [-0.1, -0.05) is 69.9 Å². The normalized spacial score (nSPS) is 11.8. The third-order valence-electron chi connectivity index (χ3n) is 4.39. The Kier molecular flexibility index (Phi) is 11.0. The van der Waals surface area contributed by atoms with Crippen LogP contribution in [-0.2, 0) is 16.5 Å². The van der Waals surface area contributed by atoms with E-state index in [2.05, 4.69) is 0 Å². The average Bonchev–Trinajstić information content (AvgIpc) is 2.55. The maximum atomic E-state index is 11.0. The molecule has 0 aliphatic carbocycles. The van der Waals surface area contributed by atoms with E-state index in [0.29, 0.717) is 0 Å². The molecule has 5 heteroatoms. The molecule has 4 nitrogen and oxygen atoms in total. The van der Waals surface area contributed by atoms with Gasteiger partial charge in [0.05, 0.1) is 4.90 Å². The number of aryl methyl sites for hydroxylation is 1. The summed E-state index contributed by atoms with van der Waals surface area (Å²) in [6.45, 7) is 0.824. The predicted molar refractivity (Wildman–Crippen MR) is 99.8 cm³/mol. The number of nitrogens with two attached hydrogens (primary N) is 1. The summed E-state index contributed by atoms with van der Waals surface area (Å²) in [6.07, 6.45) is 15.0. The van der Waals surface area contributed by atoms with Crippen LogP contribution in [0, 0.1) is 0 Å². The summed E-state index contributed by atoms with van der Waals surface area (Å²) < 4.78 is 30.9. The van der Waals surface area contributed by atoms with Gasteiger partial charge < -0.3 is 5.73 Å². The fraction of sp³-hybridized carbons (Fsp3) is 0.684. The van der Waals surface area contributed by atoms with Crippen molar-refractivity contribution in [2.75, 3.05) is 6.54 Å². The Morgan fingerprint density at radius 3 is 1.54 bits per heavy atom. The maximum absolute atomic E-state index is 11.0. The molecule has 0 saturated carbocycles. The maximum Gasteiger partial charge on any atom is 0.294 e. The molecule has 0 aromatic heterocycles. The second-order valence-electron chi connectivity index (χ2n) is 6.55. The smallest absolute Gasteiger partial charge is 0.294 e. The first-order valence-electron chi connectivity index (χ1n) is 9.30. The molecule has 0 unspecified atom stereocenters. The molecule has 0 saturated heterocycles. The highest BCUT2D eigenvalue weighted by Gasteiger charge is 2.08. The molecule has 0 spiro atoms. The molecular weight excluding hydrogens is 322 g/mol. The number of hydrogen-bond acceptors (Lipinski definition) is 3. The Hall–Kier alpha value is -0.910. The molecule has 0 aliphatic rings. The first kappa shape index (κ1) is 21.1. The van der Waals surface area contributed by atoms with Gasteiger partial charge in [-0.2, -0.15) is 8.42 Å². The third-order valence-corrected chi connectivity index (χ3v) is 5.26. The SMILES string of the molecule is NCCCCCCCCCCCCCc1ccc(S(=O)(=O)O)cc1. The van der Waals surface area contributed by atoms with Crippen LogP contribution in [0.3, 0.4) is 0 Å². The average molecular weight is 356 g/mol. The number of hydrogen-bond donors (Lipinski definition) is 2. The van der Waals surface area contributed by atoms with Gasteiger partial charge in [0.15, 0.2) is 0 Å². The van der Waals surface area contributed by atoms with E-state index in [-0.39, 0.29) is 4.90 Å². The lowest BCUT2D eigenvalue weighted by atomic mass is 10.0. The van der Waals surface area contributed by atoms with E-state index in [9.17, 15) is 8.42 Å². The van der Waals surface area contributed by atoms with Crippen molar-refractivity contribution in [3.05, 3.63) is 29.8 Å². The lowest BCUT2D eigenvalue weighted by Gasteiger charge is -2.04. The zero-order valence-electron chi connectivity index (χ0n) is 14.8. The van der Waals surface area contributed by atoms with Crippen molar-refractivity contribution < 1.29 is 13.0 Å². The molecule has 0 amide bonds. The number of rotatable bonds is 14. The summed E-state index contributed by atoms with van der Waals surface area (Å²) in [5.41, 5.74) is 6.60. The van der Waals surface area contributed by atoms with Crippen LogP contribution in [0.4, 0.5) is 0 Å². The first-order valence-corrected chi connectivity index (χ1v) is 10.7. The number of benzene rings is 1. The standard InChI is InChI=1S/C19H33NO3S/c20-17-11-9-7-5-3-1-2-4-6-8-10-12-18-13-15-19(16-14-18)24(21,22)23/h13-16H,1-12,17,20H2,(H,21,22,23). The second-order valence-corrected chi connectivity index (χ2v) is 7.97. The van der Waals surface area contributed by atoms with Crippen LogP contribution in [0.2, 0.25) is 0 Å². The molecule has 1 rings (SSSR count). The molecule has 0 radical (unpaired) electrons. The highest BCUT2D eigenvalue weighted by atomic mass is 32.2. The minimum Gasteiger partial charge on any atom is -0.330 e. The van der Waals surface area contributed by atoms with E-state index in [1.165, 1.54) is 76.3 Å². The Morgan fingerprint density at radius 2 is 1.12 bits per heavy atom. The predicted octanol–water partition coefficient (Wildman–Crippen LogP) is 4.73. The van der Waals surface area contributed by atoms with E-state index in [0.717, 1.165) is 24.9 Å². The molecule has 0 heterocycles. The van der Waals surface area contributed by atoms with Crippen LogP contribution in [0.25, 0.3) is 0 Å². The van der Waals surface area contributed by atoms with Crippen LogP contribution in [-0.4, -0.2) is 19.5 Å². The van der Waals surface area contributed by atoms with Crippen LogP contribution < -0.4 is 5.73 Å². The van der Waals surface area contributed by atoms with Crippen molar-refractivity contribution in [1.82, 2.24) is 0 Å². The summed E-state index contributed by atoms with van der Waals surface area (Å²) in [7, 11) is -4.07. The molecular formula is C19H33NO3S. The van der Waals surface area contributed by atoms with E-state index in [1.807, 2.05) is 0 Å². The number of unbranched alkanes of at least 4 members (excludes halogenated alkanes) is 10. The molecule has 0 aliphatic heterocycles. The van der Waals surface area contributed by atoms with Gasteiger partial charge in [0.25, 0.3) is 10.1 Å². The van der Waals surface area contributed by atoms with E-state index >= 15 is 0 Å². The highest BCUT2D eigenvalue weighted by Crippen LogP contribution is 2.14. The summed E-state index contributed by atoms with van der Waals surface area (Å²) in [6, 6.07) is 6.51. The fourth-order valence-corrected chi connectivity index (χ4v) is 3.37. The van der Waals surface area contributed by atoms with Crippen molar-refractivity contribution in [1.29, 1.82) is 0 Å². The zero-order chi connectivity index (χ0) is 17.7. The zero-order valence-corrected chi connectivity index (χ0v) is 15.6. The van der Waals surface area contributed by atoms with Crippen molar-refractivity contribution in [2.24, 2.45) is 5.73 Å². The Labute approximate surface area is 147 Å². The van der Waals surface area contributed by atoms with Gasteiger partial charge in [0.2, 0.25) is 0 Å². The summed E-state index contributed by atoms with van der Waals surface area (Å²) >= 11 is 0. The van der Waals surface area contributed by atoms with Gasteiger partial charge in [-0.25, -0.2) is 0 Å². The molecule has 24 heavy (non-hydrogen) atoms. The fourth-order valence-electron chi connectivity index (χ4n) is 2.89. The first-order chi connectivity index (χ1) is 11.5. The van der Waals surface area contributed by atoms with Gasteiger partial charge in [-0.05, 0) is 43.5 Å². The van der Waals surface area contributed by atoms with Crippen molar-refractivity contribution in [3.8, 4) is 0 Å². The van der Waals surface area contributed by atoms with Crippen LogP contribution in [0.5, 0.6) is 0 Å². The molecule has 3 N–H and O–H groups in total. The Morgan fingerprint density at radius 1 is 0.708 bits per heavy atom. The molecule has 0 fully saturated rings. The largest absolute Gasteiger partial charge is 0.330 e. The van der Waals surface area contributed by atoms with Crippen molar-refractivity contribution in [2.45, 2.75) is 81.9 Å². The minimum absolute atomic E-state index is 0.0331.